The van der Waals surface area contributed by atoms with Crippen molar-refractivity contribution < 1.29 is 28.7 Å². The molecule has 5 heterocycles. The summed E-state index contributed by atoms with van der Waals surface area (Å²) in [7, 11) is 1.31. The molecular formula is C53H60N8O6. The smallest absolute Gasteiger partial charge is 0.407 e. The largest absolute Gasteiger partial charge is 0.453 e. The Kier molecular flexibility index (Phi) is 13.8. The first-order chi connectivity index (χ1) is 32.7. The summed E-state index contributed by atoms with van der Waals surface area (Å²) in [5.74, 6) is 1.32. The van der Waals surface area contributed by atoms with Gasteiger partial charge in [0.05, 0.1) is 43.0 Å². The minimum atomic E-state index is -0.778. The molecule has 67 heavy (non-hydrogen) atoms. The number of methoxy groups -OCH3 is 1. The highest BCUT2D eigenvalue weighted by Gasteiger charge is 2.39. The Morgan fingerprint density at radius 1 is 0.716 bits per heavy atom. The zero-order valence-electron chi connectivity index (χ0n) is 38.5. The summed E-state index contributed by atoms with van der Waals surface area (Å²) in [4.78, 5) is 73.9. The predicted molar refractivity (Wildman–Crippen MR) is 256 cm³/mol. The van der Waals surface area contributed by atoms with Crippen LogP contribution in [0.3, 0.4) is 0 Å². The van der Waals surface area contributed by atoms with E-state index < -0.39 is 18.2 Å². The number of carbonyl (C=O) groups is 4. The number of alkyl carbamates (subject to hydrolysis) is 1. The van der Waals surface area contributed by atoms with E-state index in [1.54, 1.807) is 0 Å². The number of likely N-dealkylation sites (tertiary alicyclic amines) is 2. The lowest BCUT2D eigenvalue weighted by Gasteiger charge is -2.30. The molecular weight excluding hydrogens is 845 g/mol. The van der Waals surface area contributed by atoms with Crippen molar-refractivity contribution in [1.82, 2.24) is 40.4 Å². The van der Waals surface area contributed by atoms with Gasteiger partial charge in [0.1, 0.15) is 23.7 Å². The van der Waals surface area contributed by atoms with Crippen molar-refractivity contribution in [2.24, 2.45) is 11.8 Å². The molecule has 3 aliphatic rings. The number of nitrogens with one attached hydrogen (secondary N) is 4. The van der Waals surface area contributed by atoms with E-state index in [0.717, 1.165) is 107 Å². The van der Waals surface area contributed by atoms with Gasteiger partial charge in [0, 0.05) is 38.3 Å². The summed E-state index contributed by atoms with van der Waals surface area (Å²) in [5, 5.41) is 8.06. The number of amides is 4. The molecule has 4 amide bonds. The Morgan fingerprint density at radius 3 is 1.91 bits per heavy atom. The minimum Gasteiger partial charge on any atom is -0.453 e. The maximum Gasteiger partial charge on any atom is 0.407 e. The molecule has 5 atom stereocenters. The first kappa shape index (κ1) is 45.4. The van der Waals surface area contributed by atoms with Gasteiger partial charge in [-0.15, -0.1) is 0 Å². The fourth-order valence-electron chi connectivity index (χ4n) is 9.95. The average molecular weight is 905 g/mol. The molecule has 348 valence electrons. The molecule has 3 saturated heterocycles. The Hall–Kier alpha value is -6.80. The number of H-pyrrole nitrogens is 2. The molecule has 9 rings (SSSR count). The van der Waals surface area contributed by atoms with E-state index in [-0.39, 0.29) is 41.6 Å². The summed E-state index contributed by atoms with van der Waals surface area (Å²) >= 11 is 0. The van der Waals surface area contributed by atoms with Gasteiger partial charge in [-0.2, -0.15) is 0 Å². The van der Waals surface area contributed by atoms with Crippen LogP contribution in [0.5, 0.6) is 0 Å². The number of aromatic nitrogens is 4. The van der Waals surface area contributed by atoms with Crippen LogP contribution in [-0.2, 0) is 23.9 Å². The third-order valence-electron chi connectivity index (χ3n) is 14.0. The van der Waals surface area contributed by atoms with Crippen molar-refractivity contribution in [2.75, 3.05) is 33.4 Å². The Balaban J connectivity index is 0.858. The molecule has 3 fully saturated rings. The standard InChI is InChI=1S/C53H60N8O6/c1-4-33(2)47(59-53(65)66-3)51(63)60-24-8-12-44(60)50-55-32-43(57-50)41-21-20-39-29-38(18-19-40(39)30-41)35-14-16-36(17-15-35)42-31-54-49(56-42)45-13-9-25-61(45)52(64)48(37-10-6-5-7-11-37)58-46(62)28-34-22-26-67-27-23-34/h5-7,10-11,14-21,29-34,44-45,47-48H,4,8-9,12-13,22-28H2,1-3H3,(H,54,56)(H,55,57)(H,58,62)(H,59,65). The molecule has 0 aliphatic carbocycles. The number of benzene rings is 4. The van der Waals surface area contributed by atoms with Crippen molar-refractivity contribution in [3.63, 3.8) is 0 Å². The molecule has 14 heteroatoms. The lowest BCUT2D eigenvalue weighted by atomic mass is 9.95. The van der Waals surface area contributed by atoms with E-state index >= 15 is 0 Å². The van der Waals surface area contributed by atoms with Crippen molar-refractivity contribution in [3.8, 4) is 33.6 Å². The van der Waals surface area contributed by atoms with Crippen LogP contribution in [0.4, 0.5) is 4.79 Å². The average Bonchev–Trinajstić information content (AvgIpc) is 4.22. The normalized spacial score (nSPS) is 19.0. The molecule has 4 N–H and O–H groups in total. The molecule has 0 saturated carbocycles. The van der Waals surface area contributed by atoms with E-state index in [9.17, 15) is 19.2 Å². The Labute approximate surface area is 391 Å². The molecule has 0 radical (unpaired) electrons. The van der Waals surface area contributed by atoms with E-state index in [1.807, 2.05) is 66.4 Å². The van der Waals surface area contributed by atoms with Crippen LogP contribution in [0.25, 0.3) is 44.4 Å². The monoisotopic (exact) mass is 904 g/mol. The zero-order chi connectivity index (χ0) is 46.4. The second kappa shape index (κ2) is 20.4. The third kappa shape index (κ3) is 10.00. The lowest BCUT2D eigenvalue weighted by Crippen LogP contribution is -2.51. The molecule has 3 aliphatic heterocycles. The van der Waals surface area contributed by atoms with Crippen molar-refractivity contribution in [1.29, 1.82) is 0 Å². The van der Waals surface area contributed by atoms with Gasteiger partial charge in [0.2, 0.25) is 17.7 Å². The van der Waals surface area contributed by atoms with Crippen LogP contribution >= 0.6 is 0 Å². The molecule has 2 aromatic heterocycles. The van der Waals surface area contributed by atoms with Crippen LogP contribution < -0.4 is 10.6 Å². The number of fused-ring (bicyclic) bond motifs is 1. The van der Waals surface area contributed by atoms with Crippen LogP contribution in [0, 0.1) is 11.8 Å². The van der Waals surface area contributed by atoms with Gasteiger partial charge in [-0.1, -0.05) is 99.1 Å². The number of rotatable bonds is 14. The summed E-state index contributed by atoms with van der Waals surface area (Å²) < 4.78 is 10.3. The topological polar surface area (TPSA) is 175 Å². The second-order valence-corrected chi connectivity index (χ2v) is 18.3. The molecule has 0 bridgehead atoms. The van der Waals surface area contributed by atoms with E-state index in [4.69, 9.17) is 19.4 Å². The van der Waals surface area contributed by atoms with E-state index in [2.05, 4.69) is 81.3 Å². The van der Waals surface area contributed by atoms with Crippen molar-refractivity contribution >= 4 is 34.6 Å². The van der Waals surface area contributed by atoms with Gasteiger partial charge in [0.25, 0.3) is 0 Å². The van der Waals surface area contributed by atoms with Gasteiger partial charge in [0.15, 0.2) is 0 Å². The Morgan fingerprint density at radius 2 is 1.28 bits per heavy atom. The quantitative estimate of drug-likeness (QED) is 0.0838. The number of carbonyl (C=O) groups excluding carboxylic acids is 4. The number of hydrogen-bond acceptors (Lipinski definition) is 8. The van der Waals surface area contributed by atoms with Crippen molar-refractivity contribution in [2.45, 2.75) is 89.4 Å². The second-order valence-electron chi connectivity index (χ2n) is 18.3. The number of ether oxygens (including phenoxy) is 2. The SMILES string of the molecule is CCC(C)C(NC(=O)OC)C(=O)N1CCCC1c1ncc(-c2ccc3cc(-c4ccc(-c5cnc(C6CCCN6C(=O)C(NC(=O)CC6CCOCC6)c6ccccc6)[nH]5)cc4)ccc3c2)[nH]1. The molecule has 0 spiro atoms. The van der Waals surface area contributed by atoms with E-state index in [1.165, 1.54) is 7.11 Å². The van der Waals surface area contributed by atoms with Gasteiger partial charge in [-0.05, 0) is 95.5 Å². The number of aromatic amines is 2. The number of nitrogens with zero attached hydrogens (tertiary/aromatic N) is 4. The van der Waals surface area contributed by atoms with Gasteiger partial charge in [-0.3, -0.25) is 14.4 Å². The fourth-order valence-corrected chi connectivity index (χ4v) is 9.95. The first-order valence-corrected chi connectivity index (χ1v) is 23.8. The molecule has 5 unspecified atom stereocenters. The zero-order valence-corrected chi connectivity index (χ0v) is 38.5. The molecule has 6 aromatic rings. The molecule has 14 nitrogen and oxygen atoms in total. The summed E-state index contributed by atoms with van der Waals surface area (Å²) in [6, 6.07) is 28.9. The van der Waals surface area contributed by atoms with Crippen LogP contribution in [-0.4, -0.2) is 93.0 Å². The number of hydrogen-bond donors (Lipinski definition) is 4. The third-order valence-corrected chi connectivity index (χ3v) is 14.0. The summed E-state index contributed by atoms with van der Waals surface area (Å²) in [6.07, 6.45) is 9.13. The Bertz CT molecular complexity index is 2690. The predicted octanol–water partition coefficient (Wildman–Crippen LogP) is 9.06. The van der Waals surface area contributed by atoms with Gasteiger partial charge >= 0.3 is 6.09 Å². The summed E-state index contributed by atoms with van der Waals surface area (Å²) in [5.41, 5.74) is 6.68. The van der Waals surface area contributed by atoms with Crippen LogP contribution in [0.2, 0.25) is 0 Å². The summed E-state index contributed by atoms with van der Waals surface area (Å²) in [6.45, 7) is 6.49. The lowest BCUT2D eigenvalue weighted by molar-refractivity contribution is -0.138. The maximum absolute atomic E-state index is 14.3. The highest BCUT2D eigenvalue weighted by atomic mass is 16.5. The highest BCUT2D eigenvalue weighted by molar-refractivity contribution is 5.91. The fraction of sp³-hybridized carbons (Fsp3) is 0.396. The highest BCUT2D eigenvalue weighted by Crippen LogP contribution is 2.37. The maximum atomic E-state index is 14.3. The number of imidazole rings is 2. The van der Waals surface area contributed by atoms with E-state index in [0.29, 0.717) is 32.7 Å². The minimum absolute atomic E-state index is 0.0566. The first-order valence-electron chi connectivity index (χ1n) is 23.8. The van der Waals surface area contributed by atoms with Gasteiger partial charge in [-0.25, -0.2) is 14.8 Å². The van der Waals surface area contributed by atoms with Crippen molar-refractivity contribution in [3.05, 3.63) is 121 Å². The van der Waals surface area contributed by atoms with Gasteiger partial charge < -0.3 is 39.9 Å². The van der Waals surface area contributed by atoms with Crippen LogP contribution in [0.1, 0.15) is 101 Å². The molecule has 4 aromatic carbocycles. The van der Waals surface area contributed by atoms with Crippen LogP contribution in [0.15, 0.2) is 103 Å².